The number of unbranched alkanes of at least 4 members (excludes halogenated alkanes) is 9. The summed E-state index contributed by atoms with van der Waals surface area (Å²) in [5.74, 6) is -2.17. The summed E-state index contributed by atoms with van der Waals surface area (Å²) in [6.07, 6.45) is 9.71. The molecule has 0 fully saturated rings. The summed E-state index contributed by atoms with van der Waals surface area (Å²) in [5, 5.41) is 5.47. The van der Waals surface area contributed by atoms with Crippen LogP contribution in [-0.4, -0.2) is 55.7 Å². The van der Waals surface area contributed by atoms with E-state index in [-0.39, 0.29) is 28.8 Å². The van der Waals surface area contributed by atoms with E-state index in [1.165, 1.54) is 50.6 Å². The third kappa shape index (κ3) is 14.2. The van der Waals surface area contributed by atoms with Gasteiger partial charge in [-0.1, -0.05) is 87.2 Å². The van der Waals surface area contributed by atoms with E-state index < -0.39 is 35.1 Å². The average molecular weight is 758 g/mol. The summed E-state index contributed by atoms with van der Waals surface area (Å²) in [6, 6.07) is 13.2. The monoisotopic (exact) mass is 757 g/mol. The number of rotatable bonds is 21. The molecular weight excluding hydrogens is 704 g/mol. The Bertz CT molecular complexity index is 1630. The first-order valence-electron chi connectivity index (χ1n) is 18.3. The van der Waals surface area contributed by atoms with Crippen molar-refractivity contribution < 1.29 is 37.4 Å². The van der Waals surface area contributed by atoms with Crippen LogP contribution < -0.4 is 20.1 Å². The predicted octanol–water partition coefficient (Wildman–Crippen LogP) is 9.56. The van der Waals surface area contributed by atoms with Crippen LogP contribution in [0.25, 0.3) is 0 Å². The highest BCUT2D eigenvalue weighted by molar-refractivity contribution is 6.30. The van der Waals surface area contributed by atoms with E-state index in [9.17, 15) is 14.4 Å². The molecule has 2 N–H and O–H groups in total. The molecule has 3 amide bonds. The highest BCUT2D eigenvalue weighted by Crippen LogP contribution is 2.34. The lowest BCUT2D eigenvalue weighted by molar-refractivity contribution is -0.126. The van der Waals surface area contributed by atoms with Crippen molar-refractivity contribution in [2.45, 2.75) is 103 Å². The summed E-state index contributed by atoms with van der Waals surface area (Å²) < 4.78 is 46.8. The maximum absolute atomic E-state index is 15.7. The second-order valence-electron chi connectivity index (χ2n) is 13.9. The Hall–Kier alpha value is -4.38. The van der Waals surface area contributed by atoms with Gasteiger partial charge in [-0.2, -0.15) is 0 Å². The van der Waals surface area contributed by atoms with Crippen LogP contribution in [0.5, 0.6) is 11.5 Å². The van der Waals surface area contributed by atoms with Crippen molar-refractivity contribution in [3.63, 3.8) is 0 Å². The Balaban J connectivity index is 1.60. The number of nitrogens with zero attached hydrogens (tertiary/aromatic N) is 1. The van der Waals surface area contributed by atoms with Gasteiger partial charge in [0.05, 0.1) is 31.4 Å². The number of halogens is 3. The van der Waals surface area contributed by atoms with Gasteiger partial charge in [0.25, 0.3) is 5.91 Å². The van der Waals surface area contributed by atoms with E-state index in [0.29, 0.717) is 36.6 Å². The number of ether oxygens (including phenoxy) is 3. The Morgan fingerprint density at radius 1 is 0.774 bits per heavy atom. The molecule has 3 rings (SSSR count). The summed E-state index contributed by atoms with van der Waals surface area (Å²) >= 11 is 6.17. The molecule has 12 heteroatoms. The van der Waals surface area contributed by atoms with Crippen LogP contribution in [0.3, 0.4) is 0 Å². The van der Waals surface area contributed by atoms with Crippen molar-refractivity contribution in [3.05, 3.63) is 94.0 Å². The summed E-state index contributed by atoms with van der Waals surface area (Å²) in [5.41, 5.74) is -0.390. The zero-order chi connectivity index (χ0) is 38.8. The molecule has 1 atom stereocenters. The normalized spacial score (nSPS) is 11.8. The first-order chi connectivity index (χ1) is 25.4. The lowest BCUT2D eigenvalue weighted by Gasteiger charge is -2.32. The molecule has 0 bridgehead atoms. The van der Waals surface area contributed by atoms with Crippen LogP contribution in [0.2, 0.25) is 5.02 Å². The summed E-state index contributed by atoms with van der Waals surface area (Å²) in [4.78, 5) is 41.0. The largest absolute Gasteiger partial charge is 0.497 e. The lowest BCUT2D eigenvalue weighted by atomic mass is 10.00. The number of carbonyl (C=O) groups is 3. The number of hydrogen-bond donors (Lipinski definition) is 2. The zero-order valence-corrected chi connectivity index (χ0v) is 32.3. The Labute approximate surface area is 317 Å². The van der Waals surface area contributed by atoms with Crippen LogP contribution in [-0.2, 0) is 16.1 Å². The molecular formula is C41H54ClF2N3O6. The van der Waals surface area contributed by atoms with Crippen LogP contribution in [0, 0.1) is 11.6 Å². The molecule has 3 aromatic rings. The molecule has 3 aromatic carbocycles. The number of hydrogen-bond acceptors (Lipinski definition) is 6. The molecule has 0 saturated heterocycles. The first kappa shape index (κ1) is 43.0. The highest BCUT2D eigenvalue weighted by atomic mass is 35.5. The van der Waals surface area contributed by atoms with E-state index in [2.05, 4.69) is 10.6 Å². The number of methoxy groups -OCH3 is 2. The van der Waals surface area contributed by atoms with Crippen molar-refractivity contribution in [1.82, 2.24) is 15.5 Å². The first-order valence-corrected chi connectivity index (χ1v) is 18.7. The maximum atomic E-state index is 15.7. The van der Waals surface area contributed by atoms with Crippen molar-refractivity contribution in [1.29, 1.82) is 0 Å². The molecule has 0 aromatic heterocycles. The molecule has 0 spiro atoms. The van der Waals surface area contributed by atoms with Crippen molar-refractivity contribution >= 4 is 29.5 Å². The van der Waals surface area contributed by atoms with Gasteiger partial charge in [-0.05, 0) is 63.9 Å². The van der Waals surface area contributed by atoms with Gasteiger partial charge in [0.1, 0.15) is 34.8 Å². The minimum absolute atomic E-state index is 0.119. The molecule has 0 saturated carbocycles. The highest BCUT2D eigenvalue weighted by Gasteiger charge is 2.36. The van der Waals surface area contributed by atoms with Gasteiger partial charge in [0.15, 0.2) is 0 Å². The van der Waals surface area contributed by atoms with E-state index in [4.69, 9.17) is 25.8 Å². The summed E-state index contributed by atoms with van der Waals surface area (Å²) in [6.45, 7) is 6.22. The fraction of sp³-hybridized carbons (Fsp3) is 0.488. The molecule has 0 aliphatic carbocycles. The van der Waals surface area contributed by atoms with E-state index in [0.717, 1.165) is 68.8 Å². The maximum Gasteiger partial charge on any atom is 0.407 e. The average Bonchev–Trinajstić information content (AvgIpc) is 3.12. The van der Waals surface area contributed by atoms with Crippen molar-refractivity contribution in [2.24, 2.45) is 0 Å². The van der Waals surface area contributed by atoms with Gasteiger partial charge in [0, 0.05) is 30.3 Å². The molecule has 0 heterocycles. The topological polar surface area (TPSA) is 106 Å². The number of alkyl carbamates (subject to hydrolysis) is 1. The van der Waals surface area contributed by atoms with Crippen LogP contribution >= 0.6 is 11.6 Å². The number of amides is 3. The lowest BCUT2D eigenvalue weighted by Crippen LogP contribution is -2.44. The fourth-order valence-corrected chi connectivity index (χ4v) is 6.08. The summed E-state index contributed by atoms with van der Waals surface area (Å²) in [7, 11) is 2.96. The molecule has 53 heavy (non-hydrogen) atoms. The van der Waals surface area contributed by atoms with Gasteiger partial charge in [-0.25, -0.2) is 13.6 Å². The third-order valence-electron chi connectivity index (χ3n) is 8.61. The standard InChI is InChI=1S/C41H54ClF2N3O6/c1-41(2,3)53-40(50)46-26-17-13-11-9-7-6-8-10-12-16-25-45-38(48)37(32-20-18-21-33(42)36(32)44)47(39(49)31-19-14-15-22-34(31)43)28-29-23-24-30(51-4)27-35(29)52-5/h14-15,18-24,27,37H,6-13,16-17,25-26,28H2,1-5H3,(H,45,48)(H,46,50). The van der Waals surface area contributed by atoms with E-state index in [1.807, 2.05) is 20.8 Å². The Morgan fingerprint density at radius 2 is 1.38 bits per heavy atom. The SMILES string of the molecule is COc1ccc(CN(C(=O)c2ccccc2F)C(C(=O)NCCCCCCCCCCCCNC(=O)OC(C)(C)C)c2cccc(Cl)c2F)c(OC)c1. The second kappa shape index (κ2) is 22.0. The van der Waals surface area contributed by atoms with Gasteiger partial charge >= 0.3 is 6.09 Å². The number of nitrogens with one attached hydrogen (secondary N) is 2. The van der Waals surface area contributed by atoms with Gasteiger partial charge in [-0.3, -0.25) is 9.59 Å². The Morgan fingerprint density at radius 3 is 1.96 bits per heavy atom. The van der Waals surface area contributed by atoms with Gasteiger partial charge < -0.3 is 29.7 Å². The smallest absolute Gasteiger partial charge is 0.407 e. The van der Waals surface area contributed by atoms with E-state index in [1.54, 1.807) is 18.2 Å². The number of carbonyl (C=O) groups excluding carboxylic acids is 3. The van der Waals surface area contributed by atoms with Crippen molar-refractivity contribution in [3.8, 4) is 11.5 Å². The third-order valence-corrected chi connectivity index (χ3v) is 8.90. The molecule has 0 radical (unpaired) electrons. The minimum Gasteiger partial charge on any atom is -0.497 e. The van der Waals surface area contributed by atoms with E-state index >= 15 is 8.78 Å². The fourth-order valence-electron chi connectivity index (χ4n) is 5.90. The zero-order valence-electron chi connectivity index (χ0n) is 31.6. The molecule has 290 valence electrons. The van der Waals surface area contributed by atoms with Gasteiger partial charge in [0.2, 0.25) is 5.91 Å². The molecule has 1 unspecified atom stereocenters. The Kier molecular flexibility index (Phi) is 17.8. The van der Waals surface area contributed by atoms with Crippen LogP contribution in [0.15, 0.2) is 60.7 Å². The minimum atomic E-state index is -1.49. The molecule has 0 aliphatic heterocycles. The molecule has 0 aliphatic rings. The molecule has 9 nitrogen and oxygen atoms in total. The predicted molar refractivity (Wildman–Crippen MR) is 203 cm³/mol. The van der Waals surface area contributed by atoms with Crippen LogP contribution in [0.4, 0.5) is 13.6 Å². The van der Waals surface area contributed by atoms with Gasteiger partial charge in [-0.15, -0.1) is 0 Å². The second-order valence-corrected chi connectivity index (χ2v) is 14.3. The quantitative estimate of drug-likeness (QED) is 0.105. The van der Waals surface area contributed by atoms with Crippen molar-refractivity contribution in [2.75, 3.05) is 27.3 Å². The number of benzene rings is 3. The van der Waals surface area contributed by atoms with Crippen LogP contribution in [0.1, 0.15) is 113 Å².